The first-order valence-corrected chi connectivity index (χ1v) is 10.2. The normalized spacial score (nSPS) is 13.6. The highest BCUT2D eigenvalue weighted by atomic mass is 16.5. The lowest BCUT2D eigenvalue weighted by molar-refractivity contribution is -0.120. The summed E-state index contributed by atoms with van der Waals surface area (Å²) in [4.78, 5) is 28.3. The second-order valence-electron chi connectivity index (χ2n) is 7.60. The summed E-state index contributed by atoms with van der Waals surface area (Å²) in [6.45, 7) is 3.97. The van der Waals surface area contributed by atoms with Crippen molar-refractivity contribution in [1.29, 1.82) is 0 Å². The Morgan fingerprint density at radius 2 is 1.44 bits per heavy atom. The molecule has 0 saturated heterocycles. The molecule has 0 saturated carbocycles. The zero-order valence-corrected chi connectivity index (χ0v) is 18.4. The number of amides is 2. The van der Waals surface area contributed by atoms with Crippen LogP contribution in [0.25, 0.3) is 5.57 Å². The molecule has 3 aromatic rings. The largest absolute Gasteiger partial charge is 0.497 e. The molecular weight excluding hydrogens is 404 g/mol. The number of hydrogen-bond acceptors (Lipinski definition) is 5. The van der Waals surface area contributed by atoms with E-state index in [0.717, 1.165) is 21.7 Å². The molecular formula is C26H24N2O4. The van der Waals surface area contributed by atoms with E-state index in [1.165, 1.54) is 7.11 Å². The van der Waals surface area contributed by atoms with Gasteiger partial charge in [0.15, 0.2) is 0 Å². The standard InChI is InChI=1S/C26H24N2O4/c1-16-13-17(2)15-19(14-16)27-24-23(18-9-11-20(31-3)12-10-18)25(29)28(26(24)30)21-7-5-6-8-22(21)32-4/h5-15,27H,1-4H3. The lowest BCUT2D eigenvalue weighted by atomic mass is 10.0. The quantitative estimate of drug-likeness (QED) is 0.576. The maximum atomic E-state index is 13.6. The van der Waals surface area contributed by atoms with Crippen molar-refractivity contribution in [3.8, 4) is 11.5 Å². The highest BCUT2D eigenvalue weighted by molar-refractivity contribution is 6.46. The SMILES string of the molecule is COc1ccc(C2=C(Nc3cc(C)cc(C)c3)C(=O)N(c3ccccc3OC)C2=O)cc1. The molecule has 1 heterocycles. The van der Waals surface area contributed by atoms with E-state index < -0.39 is 11.8 Å². The Bertz CT molecular complexity index is 1210. The number of carbonyl (C=O) groups excluding carboxylic acids is 2. The molecule has 6 nitrogen and oxygen atoms in total. The van der Waals surface area contributed by atoms with Crippen molar-refractivity contribution in [2.24, 2.45) is 0 Å². The predicted molar refractivity (Wildman–Crippen MR) is 125 cm³/mol. The van der Waals surface area contributed by atoms with Crippen molar-refractivity contribution in [2.75, 3.05) is 24.4 Å². The van der Waals surface area contributed by atoms with Gasteiger partial charge in [0.25, 0.3) is 11.8 Å². The van der Waals surface area contributed by atoms with Gasteiger partial charge < -0.3 is 14.8 Å². The molecule has 0 aliphatic carbocycles. The first kappa shape index (κ1) is 21.2. The zero-order valence-electron chi connectivity index (χ0n) is 18.4. The van der Waals surface area contributed by atoms with Crippen LogP contribution in [0.5, 0.6) is 11.5 Å². The van der Waals surface area contributed by atoms with E-state index >= 15 is 0 Å². The number of anilines is 2. The lowest BCUT2D eigenvalue weighted by Crippen LogP contribution is -2.32. The number of benzene rings is 3. The van der Waals surface area contributed by atoms with Gasteiger partial charge in [-0.3, -0.25) is 9.59 Å². The fourth-order valence-corrected chi connectivity index (χ4v) is 3.90. The number of imide groups is 1. The molecule has 0 spiro atoms. The summed E-state index contributed by atoms with van der Waals surface area (Å²) in [5.41, 5.74) is 4.38. The maximum absolute atomic E-state index is 13.6. The number of aryl methyl sites for hydroxylation is 2. The van der Waals surface area contributed by atoms with Crippen LogP contribution in [0.1, 0.15) is 16.7 Å². The lowest BCUT2D eigenvalue weighted by Gasteiger charge is -2.18. The summed E-state index contributed by atoms with van der Waals surface area (Å²) >= 11 is 0. The summed E-state index contributed by atoms with van der Waals surface area (Å²) in [6.07, 6.45) is 0. The van der Waals surface area contributed by atoms with Crippen molar-refractivity contribution in [3.05, 3.63) is 89.1 Å². The van der Waals surface area contributed by atoms with Crippen LogP contribution in [-0.2, 0) is 9.59 Å². The number of nitrogens with zero attached hydrogens (tertiary/aromatic N) is 1. The van der Waals surface area contributed by atoms with Crippen LogP contribution < -0.4 is 19.7 Å². The van der Waals surface area contributed by atoms with Gasteiger partial charge in [-0.25, -0.2) is 4.90 Å². The minimum Gasteiger partial charge on any atom is -0.497 e. The van der Waals surface area contributed by atoms with Gasteiger partial charge in [-0.2, -0.15) is 0 Å². The Balaban J connectivity index is 1.85. The van der Waals surface area contributed by atoms with Gasteiger partial charge in [0.2, 0.25) is 0 Å². The van der Waals surface area contributed by atoms with Gasteiger partial charge in [-0.15, -0.1) is 0 Å². The molecule has 2 amide bonds. The molecule has 1 aliphatic rings. The Hall–Kier alpha value is -4.06. The molecule has 0 fully saturated rings. The summed E-state index contributed by atoms with van der Waals surface area (Å²) in [5, 5.41) is 3.21. The Morgan fingerprint density at radius 1 is 0.781 bits per heavy atom. The molecule has 0 atom stereocenters. The Labute approximate surface area is 187 Å². The van der Waals surface area contributed by atoms with E-state index in [1.807, 2.05) is 32.0 Å². The van der Waals surface area contributed by atoms with E-state index in [4.69, 9.17) is 9.47 Å². The minimum atomic E-state index is -0.440. The number of carbonyl (C=O) groups is 2. The van der Waals surface area contributed by atoms with E-state index in [9.17, 15) is 9.59 Å². The highest BCUT2D eigenvalue weighted by Crippen LogP contribution is 2.38. The monoisotopic (exact) mass is 428 g/mol. The topological polar surface area (TPSA) is 67.9 Å². The molecule has 0 radical (unpaired) electrons. The second kappa shape index (κ2) is 8.59. The van der Waals surface area contributed by atoms with Crippen LogP contribution in [0.15, 0.2) is 72.4 Å². The van der Waals surface area contributed by atoms with Gasteiger partial charge in [0.05, 0.1) is 25.5 Å². The average Bonchev–Trinajstić information content (AvgIpc) is 3.02. The van der Waals surface area contributed by atoms with E-state index in [0.29, 0.717) is 28.3 Å². The smallest absolute Gasteiger partial charge is 0.282 e. The number of methoxy groups -OCH3 is 2. The molecule has 1 N–H and O–H groups in total. The number of para-hydroxylation sites is 2. The van der Waals surface area contributed by atoms with E-state index in [1.54, 1.807) is 55.6 Å². The average molecular weight is 428 g/mol. The number of nitrogens with one attached hydrogen (secondary N) is 1. The second-order valence-corrected chi connectivity index (χ2v) is 7.60. The van der Waals surface area contributed by atoms with Gasteiger partial charge in [0.1, 0.15) is 17.2 Å². The number of hydrogen-bond donors (Lipinski definition) is 1. The Morgan fingerprint density at radius 3 is 2.06 bits per heavy atom. The first-order chi connectivity index (χ1) is 15.4. The van der Waals surface area contributed by atoms with Crippen LogP contribution in [0.3, 0.4) is 0 Å². The third kappa shape index (κ3) is 3.83. The van der Waals surface area contributed by atoms with Crippen LogP contribution in [-0.4, -0.2) is 26.0 Å². The Kier molecular flexibility index (Phi) is 5.69. The first-order valence-electron chi connectivity index (χ1n) is 10.2. The third-order valence-corrected chi connectivity index (χ3v) is 5.28. The van der Waals surface area contributed by atoms with Crippen molar-refractivity contribution in [1.82, 2.24) is 0 Å². The van der Waals surface area contributed by atoms with E-state index in [-0.39, 0.29) is 5.70 Å². The van der Waals surface area contributed by atoms with Crippen LogP contribution in [0.4, 0.5) is 11.4 Å². The molecule has 4 rings (SSSR count). The molecule has 32 heavy (non-hydrogen) atoms. The molecule has 162 valence electrons. The summed E-state index contributed by atoms with van der Waals surface area (Å²) in [7, 11) is 3.09. The fourth-order valence-electron chi connectivity index (χ4n) is 3.90. The van der Waals surface area contributed by atoms with Crippen LogP contribution >= 0.6 is 0 Å². The summed E-state index contributed by atoms with van der Waals surface area (Å²) in [6, 6.07) is 20.0. The van der Waals surface area contributed by atoms with Gasteiger partial charge in [-0.1, -0.05) is 30.3 Å². The van der Waals surface area contributed by atoms with Crippen LogP contribution in [0.2, 0.25) is 0 Å². The predicted octanol–water partition coefficient (Wildman–Crippen LogP) is 4.72. The molecule has 1 aliphatic heterocycles. The van der Waals surface area contributed by atoms with Crippen LogP contribution in [0, 0.1) is 13.8 Å². The van der Waals surface area contributed by atoms with Crippen molar-refractivity contribution in [2.45, 2.75) is 13.8 Å². The fraction of sp³-hybridized carbons (Fsp3) is 0.154. The molecule has 6 heteroatoms. The minimum absolute atomic E-state index is 0.219. The summed E-state index contributed by atoms with van der Waals surface area (Å²) in [5.74, 6) is 0.244. The molecule has 3 aromatic carbocycles. The molecule has 0 bridgehead atoms. The van der Waals surface area contributed by atoms with Gasteiger partial charge in [-0.05, 0) is 66.9 Å². The van der Waals surface area contributed by atoms with Gasteiger partial charge >= 0.3 is 0 Å². The molecule has 0 aromatic heterocycles. The number of rotatable bonds is 6. The summed E-state index contributed by atoms with van der Waals surface area (Å²) < 4.78 is 10.6. The van der Waals surface area contributed by atoms with E-state index in [2.05, 4.69) is 5.32 Å². The van der Waals surface area contributed by atoms with Crippen molar-refractivity contribution < 1.29 is 19.1 Å². The van der Waals surface area contributed by atoms with Gasteiger partial charge in [0, 0.05) is 5.69 Å². The number of ether oxygens (including phenoxy) is 2. The van der Waals surface area contributed by atoms with Crippen molar-refractivity contribution in [3.63, 3.8) is 0 Å². The zero-order chi connectivity index (χ0) is 22.8. The molecule has 0 unspecified atom stereocenters. The van der Waals surface area contributed by atoms with Crippen molar-refractivity contribution >= 4 is 28.8 Å². The highest BCUT2D eigenvalue weighted by Gasteiger charge is 2.41. The third-order valence-electron chi connectivity index (χ3n) is 5.28. The maximum Gasteiger partial charge on any atom is 0.282 e.